The van der Waals surface area contributed by atoms with Gasteiger partial charge in [0.2, 0.25) is 5.88 Å². The van der Waals surface area contributed by atoms with Crippen molar-refractivity contribution in [2.75, 3.05) is 18.4 Å². The summed E-state index contributed by atoms with van der Waals surface area (Å²) in [7, 11) is 0. The second-order valence-corrected chi connectivity index (χ2v) is 9.34. The van der Waals surface area contributed by atoms with Crippen LogP contribution in [0.15, 0.2) is 60.8 Å². The molecular weight excluding hydrogens is 452 g/mol. The Bertz CT molecular complexity index is 1270. The van der Waals surface area contributed by atoms with Gasteiger partial charge in [-0.2, -0.15) is 5.26 Å². The molecule has 184 valence electrons. The van der Waals surface area contributed by atoms with Crippen molar-refractivity contribution in [1.29, 1.82) is 5.26 Å². The van der Waals surface area contributed by atoms with Crippen LogP contribution in [-0.2, 0) is 0 Å². The second kappa shape index (κ2) is 11.0. The van der Waals surface area contributed by atoms with Crippen LogP contribution in [-0.4, -0.2) is 40.9 Å². The molecule has 0 atom stereocenters. The molecule has 7 heteroatoms. The number of hydrogen-bond acceptors (Lipinski definition) is 5. The average Bonchev–Trinajstić information content (AvgIpc) is 2.89. The number of benzene rings is 2. The molecule has 1 aromatic heterocycles. The molecule has 2 amide bonds. The summed E-state index contributed by atoms with van der Waals surface area (Å²) in [6, 6.07) is 18.6. The number of nitrogens with one attached hydrogen (secondary N) is 1. The predicted octanol–water partition coefficient (Wildman–Crippen LogP) is 5.32. The molecule has 1 aliphatic heterocycles. The number of aryl methyl sites for hydroxylation is 1. The van der Waals surface area contributed by atoms with Crippen LogP contribution >= 0.6 is 0 Å². The van der Waals surface area contributed by atoms with Crippen LogP contribution < -0.4 is 10.1 Å². The lowest BCUT2D eigenvalue weighted by Gasteiger charge is -2.32. The third-order valence-electron chi connectivity index (χ3n) is 6.38. The zero-order chi connectivity index (χ0) is 25.7. The number of nitrogens with zero attached hydrogens (tertiary/aromatic N) is 3. The first-order valence-corrected chi connectivity index (χ1v) is 12.2. The highest BCUT2D eigenvalue weighted by Gasteiger charge is 2.25. The molecule has 3 aromatic rings. The van der Waals surface area contributed by atoms with Gasteiger partial charge in [0.1, 0.15) is 0 Å². The second-order valence-electron chi connectivity index (χ2n) is 9.34. The van der Waals surface area contributed by atoms with Crippen molar-refractivity contribution in [3.8, 4) is 11.9 Å². The summed E-state index contributed by atoms with van der Waals surface area (Å²) in [4.78, 5) is 32.1. The van der Waals surface area contributed by atoms with Crippen molar-refractivity contribution >= 4 is 17.5 Å². The number of carbonyl (C=O) groups excluding carboxylic acids is 2. The van der Waals surface area contributed by atoms with Gasteiger partial charge >= 0.3 is 0 Å². The third kappa shape index (κ3) is 5.89. The number of anilines is 1. The number of rotatable bonds is 6. The monoisotopic (exact) mass is 482 g/mol. The molecule has 1 saturated heterocycles. The Morgan fingerprint density at radius 2 is 1.75 bits per heavy atom. The molecule has 2 heterocycles. The Hall–Kier alpha value is -4.18. The molecule has 0 aliphatic carbocycles. The largest absolute Gasteiger partial charge is 0.475 e. The lowest BCUT2D eigenvalue weighted by molar-refractivity contribution is 0.0712. The van der Waals surface area contributed by atoms with E-state index < -0.39 is 0 Å². The highest BCUT2D eigenvalue weighted by molar-refractivity contribution is 6.05. The molecule has 0 radical (unpaired) electrons. The van der Waals surface area contributed by atoms with Crippen LogP contribution in [0.25, 0.3) is 0 Å². The molecule has 0 unspecified atom stereocenters. The van der Waals surface area contributed by atoms with E-state index in [2.05, 4.69) is 16.4 Å². The first-order valence-electron chi connectivity index (χ1n) is 12.2. The van der Waals surface area contributed by atoms with Crippen LogP contribution in [0.2, 0.25) is 0 Å². The summed E-state index contributed by atoms with van der Waals surface area (Å²) < 4.78 is 5.53. The van der Waals surface area contributed by atoms with Crippen molar-refractivity contribution in [2.45, 2.75) is 45.6 Å². The van der Waals surface area contributed by atoms with Crippen molar-refractivity contribution < 1.29 is 14.3 Å². The summed E-state index contributed by atoms with van der Waals surface area (Å²) in [5, 5.41) is 11.9. The van der Waals surface area contributed by atoms with Crippen LogP contribution in [0.1, 0.15) is 70.0 Å². The van der Waals surface area contributed by atoms with Crippen LogP contribution in [0.4, 0.5) is 5.69 Å². The summed E-state index contributed by atoms with van der Waals surface area (Å²) in [6.45, 7) is 7.05. The van der Waals surface area contributed by atoms with Gasteiger partial charge in [-0.25, -0.2) is 4.98 Å². The Balaban J connectivity index is 1.39. The minimum Gasteiger partial charge on any atom is -0.475 e. The molecule has 0 bridgehead atoms. The zero-order valence-corrected chi connectivity index (χ0v) is 20.8. The summed E-state index contributed by atoms with van der Waals surface area (Å²) in [5.41, 5.74) is 4.29. The van der Waals surface area contributed by atoms with Gasteiger partial charge in [-0.05, 0) is 81.0 Å². The number of likely N-dealkylation sites (tertiary alicyclic amines) is 1. The van der Waals surface area contributed by atoms with E-state index in [0.717, 1.165) is 18.4 Å². The fourth-order valence-corrected chi connectivity index (χ4v) is 4.34. The Morgan fingerprint density at radius 3 is 2.36 bits per heavy atom. The quantitative estimate of drug-likeness (QED) is 0.513. The van der Waals surface area contributed by atoms with Gasteiger partial charge < -0.3 is 15.0 Å². The van der Waals surface area contributed by atoms with Gasteiger partial charge in [0.05, 0.1) is 23.3 Å². The number of hydrogen-bond donors (Lipinski definition) is 1. The van der Waals surface area contributed by atoms with Gasteiger partial charge in [0.25, 0.3) is 11.8 Å². The van der Waals surface area contributed by atoms with E-state index in [4.69, 9.17) is 10.00 Å². The minimum absolute atomic E-state index is 0.00172. The number of carbonyl (C=O) groups is 2. The normalized spacial score (nSPS) is 13.8. The van der Waals surface area contributed by atoms with E-state index >= 15 is 0 Å². The first kappa shape index (κ1) is 24.9. The maximum absolute atomic E-state index is 13.2. The summed E-state index contributed by atoms with van der Waals surface area (Å²) in [6.07, 6.45) is 3.23. The van der Waals surface area contributed by atoms with Gasteiger partial charge in [0, 0.05) is 36.6 Å². The molecule has 1 N–H and O–H groups in total. The Morgan fingerprint density at radius 1 is 1.06 bits per heavy atom. The number of pyridine rings is 1. The fraction of sp³-hybridized carbons (Fsp3) is 0.310. The Labute approximate surface area is 211 Å². The minimum atomic E-state index is -0.297. The average molecular weight is 483 g/mol. The molecule has 0 saturated carbocycles. The lowest BCUT2D eigenvalue weighted by Crippen LogP contribution is -2.38. The Kier molecular flexibility index (Phi) is 7.65. The van der Waals surface area contributed by atoms with E-state index in [9.17, 15) is 9.59 Å². The SMILES string of the molecule is Cc1ccc(C(=O)N2CCC(c3ccc(C#N)cc3)CC2)cc1NC(=O)c1ccc(OC(C)C)nc1. The predicted molar refractivity (Wildman–Crippen MR) is 138 cm³/mol. The highest BCUT2D eigenvalue weighted by atomic mass is 16.5. The molecule has 4 rings (SSSR count). The number of aromatic nitrogens is 1. The van der Waals surface area contributed by atoms with Gasteiger partial charge in [-0.1, -0.05) is 18.2 Å². The van der Waals surface area contributed by atoms with Gasteiger partial charge in [-0.3, -0.25) is 9.59 Å². The molecule has 1 aliphatic rings. The third-order valence-corrected chi connectivity index (χ3v) is 6.38. The first-order chi connectivity index (χ1) is 17.3. The van der Waals surface area contributed by atoms with Crippen LogP contribution in [0.5, 0.6) is 5.88 Å². The topological polar surface area (TPSA) is 95.3 Å². The smallest absolute Gasteiger partial charge is 0.257 e. The van der Waals surface area contributed by atoms with Crippen molar-refractivity contribution in [3.05, 3.63) is 88.6 Å². The zero-order valence-electron chi connectivity index (χ0n) is 20.8. The molecule has 2 aromatic carbocycles. The van der Waals surface area contributed by atoms with E-state index in [1.807, 2.05) is 56.0 Å². The van der Waals surface area contributed by atoms with E-state index in [1.165, 1.54) is 11.8 Å². The molecule has 7 nitrogen and oxygen atoms in total. The van der Waals surface area contributed by atoms with Crippen molar-refractivity contribution in [3.63, 3.8) is 0 Å². The number of piperidine rings is 1. The number of amides is 2. The molecule has 0 spiro atoms. The maximum atomic E-state index is 13.2. The maximum Gasteiger partial charge on any atom is 0.257 e. The standard InChI is InChI=1S/C29H30N4O3/c1-19(2)36-27-11-10-25(18-31-27)28(34)32-26-16-24(7-4-20(26)3)29(35)33-14-12-23(13-15-33)22-8-5-21(17-30)6-9-22/h4-11,16,18-19,23H,12-15H2,1-3H3,(H,32,34). The van der Waals surface area contributed by atoms with E-state index in [1.54, 1.807) is 24.3 Å². The lowest BCUT2D eigenvalue weighted by atomic mass is 9.89. The van der Waals surface area contributed by atoms with Gasteiger partial charge in [-0.15, -0.1) is 0 Å². The van der Waals surface area contributed by atoms with Crippen LogP contribution in [0.3, 0.4) is 0 Å². The summed E-state index contributed by atoms with van der Waals surface area (Å²) >= 11 is 0. The van der Waals surface area contributed by atoms with E-state index in [0.29, 0.717) is 47.3 Å². The fourth-order valence-electron chi connectivity index (χ4n) is 4.34. The van der Waals surface area contributed by atoms with Crippen molar-refractivity contribution in [1.82, 2.24) is 9.88 Å². The van der Waals surface area contributed by atoms with E-state index in [-0.39, 0.29) is 17.9 Å². The van der Waals surface area contributed by atoms with Crippen molar-refractivity contribution in [2.24, 2.45) is 0 Å². The molecule has 36 heavy (non-hydrogen) atoms. The number of nitriles is 1. The number of ether oxygens (including phenoxy) is 1. The summed E-state index contributed by atoms with van der Waals surface area (Å²) in [5.74, 6) is 0.504. The highest BCUT2D eigenvalue weighted by Crippen LogP contribution is 2.29. The van der Waals surface area contributed by atoms with Crippen LogP contribution in [0, 0.1) is 18.3 Å². The molecule has 1 fully saturated rings. The molecular formula is C29H30N4O3. The van der Waals surface area contributed by atoms with Gasteiger partial charge in [0.15, 0.2) is 0 Å².